The number of carbonyl (C=O) groups excluding carboxylic acids is 1. The molecule has 0 aliphatic carbocycles. The molecule has 1 aliphatic heterocycles. The fraction of sp³-hybridized carbons (Fsp3) is 0.714. The number of likely N-dealkylation sites (tertiary alicyclic amines) is 1. The first-order valence-electron chi connectivity index (χ1n) is 3.41. The van der Waals surface area contributed by atoms with Crippen LogP contribution < -0.4 is 0 Å². The average molecular weight is 316 g/mol. The Kier molecular flexibility index (Phi) is 4.73. The average Bonchev–Trinajstić information content (AvgIpc) is 1.90. The molecule has 1 fully saturated rings. The minimum absolute atomic E-state index is 0. The van der Waals surface area contributed by atoms with Gasteiger partial charge in [-0.15, -0.1) is 0 Å². The topological polar surface area (TPSA) is 20.3 Å². The van der Waals surface area contributed by atoms with Gasteiger partial charge in [0.2, 0.25) is 0 Å². The van der Waals surface area contributed by atoms with Crippen LogP contribution in [0.2, 0.25) is 0 Å². The van der Waals surface area contributed by atoms with E-state index in [0.29, 0.717) is 0 Å². The van der Waals surface area contributed by atoms with Crippen LogP contribution in [-0.2, 0) is 24.6 Å². The van der Waals surface area contributed by atoms with Gasteiger partial charge in [0.15, 0.2) is 0 Å². The van der Waals surface area contributed by atoms with Crippen molar-refractivity contribution in [1.82, 2.24) is 4.90 Å². The van der Waals surface area contributed by atoms with Crippen LogP contribution in [0.25, 0.3) is 0 Å². The molecule has 1 heterocycles. The molecule has 59 valence electrons. The van der Waals surface area contributed by atoms with Crippen LogP contribution in [0.1, 0.15) is 19.3 Å². The van der Waals surface area contributed by atoms with Crippen LogP contribution in [0.15, 0.2) is 0 Å². The zero-order valence-corrected chi connectivity index (χ0v) is 8.49. The van der Waals surface area contributed by atoms with Gasteiger partial charge in [-0.1, -0.05) is 0 Å². The number of hydrogen-bond donors (Lipinski definition) is 0. The van der Waals surface area contributed by atoms with Crippen molar-refractivity contribution < 1.29 is 24.6 Å². The predicted molar refractivity (Wildman–Crippen MR) is 35.8 cm³/mol. The van der Waals surface area contributed by atoms with Crippen LogP contribution in [-0.4, -0.2) is 23.9 Å². The van der Waals surface area contributed by atoms with E-state index in [9.17, 15) is 4.79 Å². The van der Waals surface area contributed by atoms with Gasteiger partial charge in [0.05, 0.1) is 5.91 Å². The van der Waals surface area contributed by atoms with E-state index in [1.54, 1.807) is 0 Å². The van der Waals surface area contributed by atoms with Crippen LogP contribution in [0.4, 0.5) is 0 Å². The van der Waals surface area contributed by atoms with Crippen molar-refractivity contribution in [3.05, 3.63) is 6.92 Å². The summed E-state index contributed by atoms with van der Waals surface area (Å²) in [5, 5.41) is 0. The van der Waals surface area contributed by atoms with E-state index in [0.717, 1.165) is 25.9 Å². The molecule has 1 radical (unpaired) electrons. The smallest absolute Gasteiger partial charge is 0.368 e. The maximum atomic E-state index is 10.6. The summed E-state index contributed by atoms with van der Waals surface area (Å²) >= 11 is 0. The van der Waals surface area contributed by atoms with Gasteiger partial charge in [-0.25, -0.2) is 0 Å². The Morgan fingerprint density at radius 3 is 2.00 bits per heavy atom. The summed E-state index contributed by atoms with van der Waals surface area (Å²) in [5.74, 6) is -0.0188. The number of hydrogen-bond acceptors (Lipinski definition) is 1. The maximum absolute atomic E-state index is 10.6. The third kappa shape index (κ3) is 2.71. The van der Waals surface area contributed by atoms with Gasteiger partial charge in [-0.05, 0) is 19.3 Å². The zero-order chi connectivity index (χ0) is 6.69. The summed E-state index contributed by atoms with van der Waals surface area (Å²) in [6, 6.07) is 0. The Morgan fingerprint density at radius 1 is 1.20 bits per heavy atom. The van der Waals surface area contributed by atoms with Gasteiger partial charge >= 0.3 is 19.8 Å². The molecule has 1 rings (SSSR count). The molecule has 10 heavy (non-hydrogen) atoms. The summed E-state index contributed by atoms with van der Waals surface area (Å²) in [5.41, 5.74) is 0. The minimum atomic E-state index is -0.0188. The zero-order valence-electron chi connectivity index (χ0n) is 5.95. The van der Waals surface area contributed by atoms with Crippen LogP contribution >= 0.6 is 0 Å². The predicted octanol–water partition coefficient (Wildman–Crippen LogP) is 0.830. The second kappa shape index (κ2) is 4.74. The van der Waals surface area contributed by atoms with Crippen molar-refractivity contribution >= 4 is 5.91 Å². The molecular weight excluding hydrogens is 304 g/mol. The molecule has 1 aliphatic rings. The molecule has 0 N–H and O–H groups in total. The SMILES string of the molecule is [CH2-]C(=O)N1CCCCC1.[Os+]. The fourth-order valence-electron chi connectivity index (χ4n) is 1.14. The number of amides is 1. The van der Waals surface area contributed by atoms with E-state index in [-0.39, 0.29) is 25.7 Å². The molecule has 0 bridgehead atoms. The fourth-order valence-corrected chi connectivity index (χ4v) is 1.14. The van der Waals surface area contributed by atoms with E-state index < -0.39 is 0 Å². The number of nitrogens with zero attached hydrogens (tertiary/aromatic N) is 1. The third-order valence-corrected chi connectivity index (χ3v) is 1.71. The van der Waals surface area contributed by atoms with Crippen molar-refractivity contribution in [2.75, 3.05) is 13.1 Å². The molecule has 1 saturated heterocycles. The maximum Gasteiger partial charge on any atom is 1.00 e. The Labute approximate surface area is 75.0 Å². The van der Waals surface area contributed by atoms with Gasteiger partial charge in [-0.2, -0.15) is 0 Å². The molecule has 0 saturated carbocycles. The van der Waals surface area contributed by atoms with Crippen molar-refractivity contribution in [3.8, 4) is 0 Å². The van der Waals surface area contributed by atoms with Gasteiger partial charge in [-0.3, -0.25) is 0 Å². The summed E-state index contributed by atoms with van der Waals surface area (Å²) in [7, 11) is 0. The second-order valence-corrected chi connectivity index (χ2v) is 2.44. The summed E-state index contributed by atoms with van der Waals surface area (Å²) in [6.07, 6.45) is 3.58. The molecule has 0 spiro atoms. The second-order valence-electron chi connectivity index (χ2n) is 2.44. The quantitative estimate of drug-likeness (QED) is 0.606. The largest absolute Gasteiger partial charge is 1.00 e. The van der Waals surface area contributed by atoms with Crippen LogP contribution in [0, 0.1) is 6.92 Å². The van der Waals surface area contributed by atoms with E-state index in [1.807, 2.05) is 4.90 Å². The van der Waals surface area contributed by atoms with E-state index in [4.69, 9.17) is 0 Å². The van der Waals surface area contributed by atoms with Crippen LogP contribution in [0.3, 0.4) is 0 Å². The monoisotopic (exact) mass is 318 g/mol. The van der Waals surface area contributed by atoms with Gasteiger partial charge in [0.25, 0.3) is 0 Å². The van der Waals surface area contributed by atoms with E-state index in [1.165, 1.54) is 6.42 Å². The number of piperidine rings is 1. The molecular formula is C7H12NOOs. The summed E-state index contributed by atoms with van der Waals surface area (Å²) in [6.45, 7) is 5.19. The first kappa shape index (κ1) is 9.98. The standard InChI is InChI=1S/C7H12NO.Os/c1-7(9)8-5-3-2-4-6-8;/h1-6H2;/q-1;+1. The van der Waals surface area contributed by atoms with E-state index in [2.05, 4.69) is 6.92 Å². The molecule has 0 aromatic carbocycles. The van der Waals surface area contributed by atoms with Gasteiger partial charge in [0, 0.05) is 13.1 Å². The molecule has 0 atom stereocenters. The molecule has 0 aromatic heterocycles. The summed E-state index contributed by atoms with van der Waals surface area (Å²) in [4.78, 5) is 12.4. The van der Waals surface area contributed by atoms with Crippen molar-refractivity contribution in [1.29, 1.82) is 0 Å². The van der Waals surface area contributed by atoms with Crippen LogP contribution in [0.5, 0.6) is 0 Å². The van der Waals surface area contributed by atoms with Gasteiger partial charge < -0.3 is 16.6 Å². The van der Waals surface area contributed by atoms with Gasteiger partial charge in [0.1, 0.15) is 0 Å². The molecule has 0 unspecified atom stereocenters. The normalized spacial score (nSPS) is 17.8. The number of carbonyl (C=O) groups is 1. The first-order chi connectivity index (χ1) is 4.30. The minimum Gasteiger partial charge on any atom is -0.368 e. The Morgan fingerprint density at radius 2 is 1.70 bits per heavy atom. The molecule has 3 heteroatoms. The molecule has 0 aromatic rings. The van der Waals surface area contributed by atoms with E-state index >= 15 is 0 Å². The Bertz CT molecular complexity index is 110. The number of rotatable bonds is 0. The Hall–Kier alpha value is -0.0236. The molecule has 2 nitrogen and oxygen atoms in total. The van der Waals surface area contributed by atoms with Crippen molar-refractivity contribution in [2.45, 2.75) is 19.3 Å². The Balaban J connectivity index is 0.000000810. The molecule has 1 amide bonds. The van der Waals surface area contributed by atoms with Crippen molar-refractivity contribution in [2.24, 2.45) is 0 Å². The first-order valence-corrected chi connectivity index (χ1v) is 3.41. The van der Waals surface area contributed by atoms with Crippen molar-refractivity contribution in [3.63, 3.8) is 0 Å². The third-order valence-electron chi connectivity index (χ3n) is 1.71. The summed E-state index contributed by atoms with van der Waals surface area (Å²) < 4.78 is 0.